The first-order valence-corrected chi connectivity index (χ1v) is 11.9. The molecule has 7 heteroatoms. The lowest BCUT2D eigenvalue weighted by atomic mass is 9.93. The Morgan fingerprint density at radius 2 is 1.87 bits per heavy atom. The van der Waals surface area contributed by atoms with Gasteiger partial charge in [-0.25, -0.2) is 9.97 Å². The molecule has 3 heterocycles. The van der Waals surface area contributed by atoms with Crippen molar-refractivity contribution in [1.29, 1.82) is 0 Å². The van der Waals surface area contributed by atoms with E-state index in [1.165, 1.54) is 6.07 Å². The molecule has 1 unspecified atom stereocenters. The Hall–Kier alpha value is -2.83. The van der Waals surface area contributed by atoms with E-state index in [4.69, 9.17) is 16.6 Å². The summed E-state index contributed by atoms with van der Waals surface area (Å²) < 4.78 is 13.0. The number of aromatic amines is 1. The van der Waals surface area contributed by atoms with Crippen LogP contribution in [0, 0.1) is 6.92 Å². The molecule has 0 spiro atoms. The van der Waals surface area contributed by atoms with Crippen LogP contribution in [0.3, 0.4) is 0 Å². The van der Waals surface area contributed by atoms with Crippen molar-refractivity contribution in [3.63, 3.8) is 0 Å². The third-order valence-corrected chi connectivity index (χ3v) is 7.42. The van der Waals surface area contributed by atoms with E-state index in [1.807, 2.05) is 43.3 Å². The number of hydrogen-bond donors (Lipinski definition) is 1. The molecule has 0 saturated heterocycles. The smallest absolute Gasteiger partial charge is 0.191 e. The van der Waals surface area contributed by atoms with Gasteiger partial charge in [0, 0.05) is 45.1 Å². The summed E-state index contributed by atoms with van der Waals surface area (Å²) in [6.45, 7) is 1.88. The maximum atomic E-state index is 13.0. The van der Waals surface area contributed by atoms with Gasteiger partial charge in [0.05, 0.1) is 16.8 Å². The maximum absolute atomic E-state index is 13.0. The summed E-state index contributed by atoms with van der Waals surface area (Å²) in [5, 5.41) is 1.05. The maximum Gasteiger partial charge on any atom is 0.191 e. The van der Waals surface area contributed by atoms with Crippen molar-refractivity contribution in [2.45, 2.75) is 30.8 Å². The Labute approximate surface area is 187 Å². The van der Waals surface area contributed by atoms with Crippen molar-refractivity contribution in [3.8, 4) is 22.4 Å². The van der Waals surface area contributed by atoms with Crippen LogP contribution in [0.15, 0.2) is 59.5 Å². The summed E-state index contributed by atoms with van der Waals surface area (Å²) in [6, 6.07) is 15.0. The number of halogens is 1. The molecule has 0 radical (unpaired) electrons. The summed E-state index contributed by atoms with van der Waals surface area (Å²) >= 11 is 6.31. The molecule has 1 aliphatic rings. The van der Waals surface area contributed by atoms with Crippen LogP contribution >= 0.6 is 11.6 Å². The molecule has 31 heavy (non-hydrogen) atoms. The zero-order chi connectivity index (χ0) is 21.5. The fraction of sp³-hybridized carbons (Fsp3) is 0.208. The topological polar surface area (TPSA) is 75.7 Å². The fourth-order valence-corrected chi connectivity index (χ4v) is 5.63. The third kappa shape index (κ3) is 3.93. The average Bonchev–Trinajstić information content (AvgIpc) is 3.59. The highest BCUT2D eigenvalue weighted by Gasteiger charge is 2.30. The molecule has 1 aliphatic carbocycles. The van der Waals surface area contributed by atoms with E-state index in [2.05, 4.69) is 9.97 Å². The first-order valence-electron chi connectivity index (χ1n) is 10.1. The van der Waals surface area contributed by atoms with Crippen molar-refractivity contribution in [2.75, 3.05) is 0 Å². The minimum atomic E-state index is -1.06. The number of benzene rings is 1. The number of H-pyrrole nitrogens is 1. The predicted molar refractivity (Wildman–Crippen MR) is 126 cm³/mol. The molecule has 5 rings (SSSR count). The number of aryl methyl sites for hydroxylation is 1. The van der Waals surface area contributed by atoms with Gasteiger partial charge in [-0.15, -0.1) is 0 Å². The number of aromatic nitrogens is 3. The van der Waals surface area contributed by atoms with E-state index in [-0.39, 0.29) is 10.7 Å². The quantitative estimate of drug-likeness (QED) is 0.434. The van der Waals surface area contributed by atoms with Gasteiger partial charge >= 0.3 is 0 Å². The average molecular weight is 450 g/mol. The van der Waals surface area contributed by atoms with Gasteiger partial charge in [0.1, 0.15) is 10.8 Å². The monoisotopic (exact) mass is 449 g/mol. The Bertz CT molecular complexity index is 1360. The molecule has 0 aliphatic heterocycles. The summed E-state index contributed by atoms with van der Waals surface area (Å²) in [4.78, 5) is 25.2. The summed E-state index contributed by atoms with van der Waals surface area (Å²) in [5.41, 5.74) is 5.10. The standard InChI is InChI=1S/C24H20ClN3O2S/c1-14-11-16(12-20(25)27-14)21-18(13-31(30)17-7-8-17)22-19(29)9-10-26-24(22)28-23(21)15-5-3-2-4-6-15/h2-6,9-12,17H,7-8,13H2,1H3,(H,26,28,29). The molecule has 4 aromatic rings. The second-order valence-corrected chi connectivity index (χ2v) is 9.89. The molecule has 3 aromatic heterocycles. The van der Waals surface area contributed by atoms with E-state index in [1.54, 1.807) is 12.3 Å². The lowest BCUT2D eigenvalue weighted by Gasteiger charge is -2.18. The van der Waals surface area contributed by atoms with Crippen LogP contribution in [0.4, 0.5) is 0 Å². The molecule has 156 valence electrons. The van der Waals surface area contributed by atoms with Crippen molar-refractivity contribution < 1.29 is 4.21 Å². The zero-order valence-electron chi connectivity index (χ0n) is 16.9. The van der Waals surface area contributed by atoms with Gasteiger partial charge in [-0.05, 0) is 43.0 Å². The Morgan fingerprint density at radius 1 is 1.10 bits per heavy atom. The molecule has 1 atom stereocenters. The summed E-state index contributed by atoms with van der Waals surface area (Å²) in [7, 11) is -1.06. The van der Waals surface area contributed by atoms with Crippen LogP contribution in [-0.2, 0) is 16.6 Å². The van der Waals surface area contributed by atoms with Gasteiger partial charge in [0.25, 0.3) is 0 Å². The van der Waals surface area contributed by atoms with Gasteiger partial charge in [-0.3, -0.25) is 9.00 Å². The van der Waals surface area contributed by atoms with E-state index in [9.17, 15) is 9.00 Å². The summed E-state index contributed by atoms with van der Waals surface area (Å²) in [5.74, 6) is 0.297. The Morgan fingerprint density at radius 3 is 2.58 bits per heavy atom. The number of fused-ring (bicyclic) bond motifs is 1. The van der Waals surface area contributed by atoms with Crippen LogP contribution in [-0.4, -0.2) is 24.4 Å². The molecule has 0 bridgehead atoms. The first kappa shape index (κ1) is 20.1. The van der Waals surface area contributed by atoms with Crippen molar-refractivity contribution >= 4 is 33.4 Å². The zero-order valence-corrected chi connectivity index (χ0v) is 18.5. The molecule has 1 aromatic carbocycles. The second kappa shape index (κ2) is 8.02. The normalized spacial score (nSPS) is 14.6. The van der Waals surface area contributed by atoms with E-state index in [0.29, 0.717) is 21.9 Å². The van der Waals surface area contributed by atoms with Crippen LogP contribution in [0.2, 0.25) is 5.15 Å². The highest BCUT2D eigenvalue weighted by molar-refractivity contribution is 7.85. The molecule has 0 amide bonds. The van der Waals surface area contributed by atoms with Crippen molar-refractivity contribution in [2.24, 2.45) is 0 Å². The minimum Gasteiger partial charge on any atom is -0.346 e. The Balaban J connectivity index is 1.90. The third-order valence-electron chi connectivity index (χ3n) is 5.44. The van der Waals surface area contributed by atoms with E-state index < -0.39 is 10.8 Å². The van der Waals surface area contributed by atoms with Crippen LogP contribution in [0.5, 0.6) is 0 Å². The number of nitrogens with zero attached hydrogens (tertiary/aromatic N) is 2. The molecular weight excluding hydrogens is 430 g/mol. The highest BCUT2D eigenvalue weighted by atomic mass is 35.5. The Kier molecular flexibility index (Phi) is 5.20. The van der Waals surface area contributed by atoms with Gasteiger partial charge in [-0.2, -0.15) is 0 Å². The number of pyridine rings is 3. The van der Waals surface area contributed by atoms with Crippen molar-refractivity contribution in [3.05, 3.63) is 81.4 Å². The first-order chi connectivity index (χ1) is 15.0. The van der Waals surface area contributed by atoms with Gasteiger partial charge in [0.2, 0.25) is 0 Å². The number of rotatable bonds is 5. The van der Waals surface area contributed by atoms with Crippen LogP contribution in [0.25, 0.3) is 33.4 Å². The second-order valence-electron chi connectivity index (χ2n) is 7.79. The number of nitrogens with one attached hydrogen (secondary N) is 1. The van der Waals surface area contributed by atoms with Gasteiger partial charge in [0.15, 0.2) is 5.43 Å². The van der Waals surface area contributed by atoms with Gasteiger partial charge < -0.3 is 4.98 Å². The molecule has 5 nitrogen and oxygen atoms in total. The molecule has 1 N–H and O–H groups in total. The van der Waals surface area contributed by atoms with Gasteiger partial charge in [-0.1, -0.05) is 41.9 Å². The lowest BCUT2D eigenvalue weighted by molar-refractivity contribution is 0.682. The highest BCUT2D eigenvalue weighted by Crippen LogP contribution is 2.39. The SMILES string of the molecule is Cc1cc(-c2c(-c3ccccc3)nc3[nH]ccc(=O)c3c2CS(=O)C2CC2)cc(Cl)n1. The van der Waals surface area contributed by atoms with E-state index >= 15 is 0 Å². The number of hydrogen-bond acceptors (Lipinski definition) is 4. The van der Waals surface area contributed by atoms with Crippen molar-refractivity contribution in [1.82, 2.24) is 15.0 Å². The van der Waals surface area contributed by atoms with Crippen LogP contribution in [0.1, 0.15) is 24.1 Å². The largest absolute Gasteiger partial charge is 0.346 e. The molecule has 1 fully saturated rings. The van der Waals surface area contributed by atoms with E-state index in [0.717, 1.165) is 46.5 Å². The molecule has 1 saturated carbocycles. The summed E-state index contributed by atoms with van der Waals surface area (Å²) in [6.07, 6.45) is 3.53. The molecular formula is C24H20ClN3O2S. The minimum absolute atomic E-state index is 0.137. The van der Waals surface area contributed by atoms with Crippen LogP contribution < -0.4 is 5.43 Å². The lowest BCUT2D eigenvalue weighted by Crippen LogP contribution is -2.12. The predicted octanol–water partition coefficient (Wildman–Crippen LogP) is 5.03. The fourth-order valence-electron chi connectivity index (χ4n) is 3.91.